The van der Waals surface area contributed by atoms with E-state index in [1.807, 2.05) is 6.92 Å². The van der Waals surface area contributed by atoms with E-state index < -0.39 is 18.4 Å². The van der Waals surface area contributed by atoms with E-state index in [9.17, 15) is 10.2 Å². The molecule has 2 aromatic heterocycles. The second-order valence-corrected chi connectivity index (χ2v) is 5.89. The minimum Gasteiger partial charge on any atom is -0.477 e. The third kappa shape index (κ3) is 2.59. The molecule has 3 atom stereocenters. The molecule has 0 saturated carbocycles. The van der Waals surface area contributed by atoms with Gasteiger partial charge in [-0.05, 0) is 29.5 Å². The first kappa shape index (κ1) is 15.6. The first-order valence-electron chi connectivity index (χ1n) is 6.83. The van der Waals surface area contributed by atoms with Crippen LogP contribution >= 0.6 is 22.6 Å². The van der Waals surface area contributed by atoms with E-state index in [1.54, 1.807) is 4.68 Å². The van der Waals surface area contributed by atoms with Crippen molar-refractivity contribution in [2.75, 3.05) is 18.9 Å². The lowest BCUT2D eigenvalue weighted by Gasteiger charge is -2.13. The number of hydrogen-bond acceptors (Lipinski definition) is 8. The molecule has 0 aromatic carbocycles. The molecule has 1 saturated heterocycles. The molecule has 22 heavy (non-hydrogen) atoms. The van der Waals surface area contributed by atoms with Crippen molar-refractivity contribution < 1.29 is 19.7 Å². The minimum atomic E-state index is -0.752. The average molecular weight is 421 g/mol. The zero-order chi connectivity index (χ0) is 15.9. The summed E-state index contributed by atoms with van der Waals surface area (Å²) in [5.74, 6) is 0.448. The van der Waals surface area contributed by atoms with E-state index in [4.69, 9.17) is 15.2 Å². The molecule has 0 unspecified atom stereocenters. The number of aliphatic hydroxyl groups excluding tert-OH is 2. The van der Waals surface area contributed by atoms with Crippen LogP contribution in [0.5, 0.6) is 5.88 Å². The van der Waals surface area contributed by atoms with Gasteiger partial charge in [0.05, 0.1) is 19.3 Å². The van der Waals surface area contributed by atoms with Crippen LogP contribution in [0, 0.1) is 3.70 Å². The lowest BCUT2D eigenvalue weighted by atomic mass is 10.2. The zero-order valence-corrected chi connectivity index (χ0v) is 14.0. The highest BCUT2D eigenvalue weighted by Gasteiger charge is 2.36. The Hall–Kier alpha value is -1.24. The van der Waals surface area contributed by atoms with Gasteiger partial charge in [-0.25, -0.2) is 4.68 Å². The van der Waals surface area contributed by atoms with Crippen LogP contribution in [0.1, 0.15) is 19.6 Å². The number of fused-ring (bicyclic) bond motifs is 1. The van der Waals surface area contributed by atoms with Gasteiger partial charge in [0, 0.05) is 6.42 Å². The number of rotatable bonds is 4. The third-order valence-corrected chi connectivity index (χ3v) is 4.19. The molecule has 0 radical (unpaired) electrons. The van der Waals surface area contributed by atoms with E-state index in [0.717, 1.165) is 0 Å². The van der Waals surface area contributed by atoms with Crippen molar-refractivity contribution in [3.63, 3.8) is 0 Å². The Morgan fingerprint density at radius 2 is 2.27 bits per heavy atom. The number of anilines is 1. The molecule has 0 spiro atoms. The van der Waals surface area contributed by atoms with Gasteiger partial charge in [-0.15, -0.1) is 0 Å². The van der Waals surface area contributed by atoms with E-state index in [-0.39, 0.29) is 12.6 Å². The number of nitrogens with two attached hydrogens (primary N) is 1. The van der Waals surface area contributed by atoms with Gasteiger partial charge in [-0.1, -0.05) is 0 Å². The highest BCUT2D eigenvalue weighted by molar-refractivity contribution is 14.1. The molecular formula is C12H16IN5O4. The summed E-state index contributed by atoms with van der Waals surface area (Å²) >= 11 is 2.06. The maximum absolute atomic E-state index is 9.88. The SMILES string of the molecule is CCOc1nc(N)nc2c1c(I)nn2[C@H]1C[C@H](O)[C@@H](CO)O1. The standard InChI is InChI=1S/C12H16IN5O4/c1-2-21-11-8-9(13)17-18(10(8)15-12(14)16-11)7-3-5(20)6(4-19)22-7/h5-7,19-20H,2-4H2,1H3,(H2,14,15,16)/t5-,6+,7+/m0/s1. The monoisotopic (exact) mass is 421 g/mol. The fourth-order valence-corrected chi connectivity index (χ4v) is 3.16. The van der Waals surface area contributed by atoms with E-state index in [0.29, 0.717) is 33.6 Å². The molecule has 0 aliphatic carbocycles. The summed E-state index contributed by atoms with van der Waals surface area (Å²) in [6.07, 6.45) is -1.60. The van der Waals surface area contributed by atoms with Crippen LogP contribution in [0.3, 0.4) is 0 Å². The van der Waals surface area contributed by atoms with Crippen LogP contribution in [-0.2, 0) is 4.74 Å². The Kier molecular flexibility index (Phi) is 4.34. The molecule has 0 bridgehead atoms. The van der Waals surface area contributed by atoms with Gasteiger partial charge in [-0.2, -0.15) is 15.1 Å². The Balaban J connectivity index is 2.08. The number of aliphatic hydroxyl groups is 2. The molecule has 3 rings (SSSR count). The van der Waals surface area contributed by atoms with Crippen molar-refractivity contribution in [3.8, 4) is 5.88 Å². The van der Waals surface area contributed by atoms with Gasteiger partial charge in [0.2, 0.25) is 11.8 Å². The summed E-state index contributed by atoms with van der Waals surface area (Å²) in [5, 5.41) is 24.1. The zero-order valence-electron chi connectivity index (χ0n) is 11.8. The molecule has 10 heteroatoms. The van der Waals surface area contributed by atoms with Crippen LogP contribution in [0.2, 0.25) is 0 Å². The van der Waals surface area contributed by atoms with E-state index in [2.05, 4.69) is 37.7 Å². The first-order valence-corrected chi connectivity index (χ1v) is 7.91. The highest BCUT2D eigenvalue weighted by atomic mass is 127. The van der Waals surface area contributed by atoms with E-state index >= 15 is 0 Å². The Bertz CT molecular complexity index is 694. The number of nitrogen functional groups attached to an aromatic ring is 1. The number of hydrogen-bond donors (Lipinski definition) is 3. The summed E-state index contributed by atoms with van der Waals surface area (Å²) in [5.41, 5.74) is 6.22. The maximum Gasteiger partial charge on any atom is 0.230 e. The third-order valence-electron chi connectivity index (χ3n) is 3.43. The Morgan fingerprint density at radius 1 is 1.50 bits per heavy atom. The summed E-state index contributed by atoms with van der Waals surface area (Å²) < 4.78 is 13.3. The van der Waals surface area contributed by atoms with Gasteiger partial charge in [0.15, 0.2) is 11.9 Å². The molecule has 1 aliphatic rings. The summed E-state index contributed by atoms with van der Waals surface area (Å²) in [6, 6.07) is 0. The van der Waals surface area contributed by atoms with Crippen LogP contribution in [0.15, 0.2) is 0 Å². The van der Waals surface area contributed by atoms with Crippen LogP contribution < -0.4 is 10.5 Å². The fourth-order valence-electron chi connectivity index (χ4n) is 2.45. The van der Waals surface area contributed by atoms with Crippen molar-refractivity contribution in [3.05, 3.63) is 3.70 Å². The molecule has 4 N–H and O–H groups in total. The van der Waals surface area contributed by atoms with Gasteiger partial charge in [0.1, 0.15) is 15.2 Å². The number of nitrogens with zero attached hydrogens (tertiary/aromatic N) is 4. The van der Waals surface area contributed by atoms with E-state index in [1.165, 1.54) is 0 Å². The van der Waals surface area contributed by atoms with Crippen LogP contribution in [0.25, 0.3) is 11.0 Å². The molecule has 1 aliphatic heterocycles. The Labute approximate surface area is 139 Å². The average Bonchev–Trinajstić information content (AvgIpc) is 2.99. The molecule has 2 aromatic rings. The van der Waals surface area contributed by atoms with Gasteiger partial charge in [0.25, 0.3) is 0 Å². The van der Waals surface area contributed by atoms with Gasteiger partial charge < -0.3 is 25.4 Å². The van der Waals surface area contributed by atoms with Crippen molar-refractivity contribution in [2.45, 2.75) is 31.8 Å². The highest BCUT2D eigenvalue weighted by Crippen LogP contribution is 2.34. The van der Waals surface area contributed by atoms with Crippen LogP contribution in [-0.4, -0.2) is 55.4 Å². The summed E-state index contributed by atoms with van der Waals surface area (Å²) in [6.45, 7) is 2.04. The second-order valence-electron chi connectivity index (χ2n) is 4.87. The molecule has 1 fully saturated rings. The Morgan fingerprint density at radius 3 is 2.91 bits per heavy atom. The minimum absolute atomic E-state index is 0.0748. The lowest BCUT2D eigenvalue weighted by Crippen LogP contribution is -2.24. The largest absolute Gasteiger partial charge is 0.477 e. The second kappa shape index (κ2) is 6.10. The number of halogens is 1. The number of aromatic nitrogens is 4. The smallest absolute Gasteiger partial charge is 0.230 e. The van der Waals surface area contributed by atoms with Crippen molar-refractivity contribution in [1.29, 1.82) is 0 Å². The van der Waals surface area contributed by atoms with Crippen LogP contribution in [0.4, 0.5) is 5.95 Å². The lowest BCUT2D eigenvalue weighted by molar-refractivity contribution is -0.0471. The fraction of sp³-hybridized carbons (Fsp3) is 0.583. The molecule has 3 heterocycles. The van der Waals surface area contributed by atoms with Gasteiger partial charge >= 0.3 is 0 Å². The summed E-state index contributed by atoms with van der Waals surface area (Å²) in [4.78, 5) is 8.31. The molecular weight excluding hydrogens is 405 g/mol. The molecule has 0 amide bonds. The molecule has 9 nitrogen and oxygen atoms in total. The van der Waals surface area contributed by atoms with Crippen molar-refractivity contribution >= 4 is 39.6 Å². The summed E-state index contributed by atoms with van der Waals surface area (Å²) in [7, 11) is 0. The van der Waals surface area contributed by atoms with Crippen molar-refractivity contribution in [2.24, 2.45) is 0 Å². The quantitative estimate of drug-likeness (QED) is 0.591. The topological polar surface area (TPSA) is 129 Å². The predicted octanol–water partition coefficient (Wildman–Crippen LogP) is 0.0525. The van der Waals surface area contributed by atoms with Crippen molar-refractivity contribution in [1.82, 2.24) is 19.7 Å². The normalized spacial score (nSPS) is 25.0. The number of ether oxygens (including phenoxy) is 2. The molecule has 120 valence electrons. The first-order chi connectivity index (χ1) is 10.5. The predicted molar refractivity (Wildman–Crippen MR) is 85.2 cm³/mol. The van der Waals surface area contributed by atoms with Gasteiger partial charge in [-0.3, -0.25) is 0 Å². The maximum atomic E-state index is 9.88.